The van der Waals surface area contributed by atoms with Gasteiger partial charge in [-0.1, -0.05) is 6.92 Å². The van der Waals surface area contributed by atoms with E-state index < -0.39 is 11.7 Å². The van der Waals surface area contributed by atoms with E-state index >= 15 is 0 Å². The Morgan fingerprint density at radius 3 is 2.95 bits per heavy atom. The third-order valence-corrected chi connectivity index (χ3v) is 5.15. The third kappa shape index (κ3) is 2.01. The molecule has 3 aliphatic rings. The van der Waals surface area contributed by atoms with Gasteiger partial charge in [0.15, 0.2) is 0 Å². The van der Waals surface area contributed by atoms with Gasteiger partial charge >= 0.3 is 5.97 Å². The van der Waals surface area contributed by atoms with Crippen LogP contribution in [0.5, 0.6) is 0 Å². The zero-order chi connectivity index (χ0) is 13.8. The molecule has 4 heteroatoms. The Morgan fingerprint density at radius 2 is 2.21 bits per heavy atom. The molecular weight excluding hydrogens is 244 g/mol. The van der Waals surface area contributed by atoms with Crippen LogP contribution in [0.1, 0.15) is 40.0 Å². The Labute approximate surface area is 113 Å². The van der Waals surface area contributed by atoms with Crippen molar-refractivity contribution in [3.63, 3.8) is 0 Å². The van der Waals surface area contributed by atoms with Crippen LogP contribution < -0.4 is 0 Å². The van der Waals surface area contributed by atoms with Gasteiger partial charge in [-0.15, -0.1) is 0 Å². The Bertz CT molecular complexity index is 430. The van der Waals surface area contributed by atoms with Crippen molar-refractivity contribution >= 4 is 5.97 Å². The van der Waals surface area contributed by atoms with Crippen molar-refractivity contribution in [3.8, 4) is 0 Å². The number of hydrogen-bond acceptors (Lipinski definition) is 4. The summed E-state index contributed by atoms with van der Waals surface area (Å²) >= 11 is 0. The van der Waals surface area contributed by atoms with Gasteiger partial charge in [0, 0.05) is 12.3 Å². The molecule has 0 spiro atoms. The molecule has 0 unspecified atom stereocenters. The number of carbonyl (C=O) groups excluding carboxylic acids is 1. The minimum absolute atomic E-state index is 0.0478. The van der Waals surface area contributed by atoms with Crippen LogP contribution in [0.15, 0.2) is 11.6 Å². The molecule has 2 fully saturated rings. The molecular formula is C15H22O4. The number of rotatable bonds is 0. The molecule has 0 aromatic heterocycles. The van der Waals surface area contributed by atoms with Gasteiger partial charge in [-0.3, -0.25) is 4.79 Å². The van der Waals surface area contributed by atoms with Gasteiger partial charge in [0.2, 0.25) is 0 Å². The lowest BCUT2D eigenvalue weighted by Crippen LogP contribution is -2.37. The minimum atomic E-state index is -0.486. The first-order valence-electron chi connectivity index (χ1n) is 7.15. The largest absolute Gasteiger partial charge is 0.458 e. The molecule has 4 nitrogen and oxygen atoms in total. The van der Waals surface area contributed by atoms with Crippen molar-refractivity contribution in [2.24, 2.45) is 11.8 Å². The highest BCUT2D eigenvalue weighted by Gasteiger charge is 2.49. The molecule has 6 atom stereocenters. The Balaban J connectivity index is 1.93. The smallest absolute Gasteiger partial charge is 0.309 e. The van der Waals surface area contributed by atoms with Crippen molar-refractivity contribution in [2.45, 2.75) is 63.9 Å². The summed E-state index contributed by atoms with van der Waals surface area (Å²) in [6.07, 6.45) is 3.70. The molecule has 0 radical (unpaired) electrons. The fourth-order valence-corrected chi connectivity index (χ4v) is 3.59. The van der Waals surface area contributed by atoms with E-state index in [4.69, 9.17) is 9.47 Å². The van der Waals surface area contributed by atoms with Gasteiger partial charge < -0.3 is 14.6 Å². The van der Waals surface area contributed by atoms with E-state index in [1.807, 2.05) is 26.8 Å². The van der Waals surface area contributed by atoms with Gasteiger partial charge in [-0.2, -0.15) is 0 Å². The average Bonchev–Trinajstić information content (AvgIpc) is 2.79. The summed E-state index contributed by atoms with van der Waals surface area (Å²) in [5, 5.41) is 10.2. The van der Waals surface area contributed by atoms with Crippen molar-refractivity contribution in [1.29, 1.82) is 0 Å². The zero-order valence-electron chi connectivity index (χ0n) is 11.8. The van der Waals surface area contributed by atoms with Crippen LogP contribution >= 0.6 is 0 Å². The number of esters is 1. The maximum atomic E-state index is 11.7. The van der Waals surface area contributed by atoms with Gasteiger partial charge in [0.1, 0.15) is 6.10 Å². The highest BCUT2D eigenvalue weighted by atomic mass is 16.6. The predicted molar refractivity (Wildman–Crippen MR) is 69.4 cm³/mol. The molecule has 2 bridgehead atoms. The Kier molecular flexibility index (Phi) is 2.98. The molecule has 0 amide bonds. The number of carbonyl (C=O) groups is 1. The maximum absolute atomic E-state index is 11.7. The molecule has 0 saturated carbocycles. The second kappa shape index (κ2) is 4.32. The van der Waals surface area contributed by atoms with E-state index in [1.165, 1.54) is 0 Å². The lowest BCUT2D eigenvalue weighted by molar-refractivity contribution is -0.142. The Morgan fingerprint density at radius 1 is 1.47 bits per heavy atom. The Hall–Kier alpha value is -0.870. The van der Waals surface area contributed by atoms with Gasteiger partial charge in [-0.05, 0) is 38.3 Å². The SMILES string of the molecule is C/C1=C/[C@H]2OC(=O)[C@H](C)[C@H]2CC[C@]2(C)O[C@H]1C[C@H]2O. The first-order valence-corrected chi connectivity index (χ1v) is 7.15. The summed E-state index contributed by atoms with van der Waals surface area (Å²) in [6, 6.07) is 0. The summed E-state index contributed by atoms with van der Waals surface area (Å²) < 4.78 is 11.5. The van der Waals surface area contributed by atoms with Crippen LogP contribution in [-0.2, 0) is 14.3 Å². The fraction of sp³-hybridized carbons (Fsp3) is 0.800. The summed E-state index contributed by atoms with van der Waals surface area (Å²) in [5.74, 6) is 0.0411. The average molecular weight is 266 g/mol. The normalized spacial score (nSPS) is 52.5. The summed E-state index contributed by atoms with van der Waals surface area (Å²) in [6.45, 7) is 5.92. The lowest BCUT2D eigenvalue weighted by atomic mass is 9.81. The molecule has 19 heavy (non-hydrogen) atoms. The molecule has 0 aromatic carbocycles. The minimum Gasteiger partial charge on any atom is -0.458 e. The van der Waals surface area contributed by atoms with E-state index in [0.717, 1.165) is 18.4 Å². The van der Waals surface area contributed by atoms with Crippen LogP contribution in [0.25, 0.3) is 0 Å². The van der Waals surface area contributed by atoms with Crippen molar-refractivity contribution in [2.75, 3.05) is 0 Å². The van der Waals surface area contributed by atoms with Crippen LogP contribution in [-0.4, -0.2) is 35.0 Å². The van der Waals surface area contributed by atoms with Crippen molar-refractivity contribution < 1.29 is 19.4 Å². The topological polar surface area (TPSA) is 55.8 Å². The number of aliphatic hydroxyl groups excluding tert-OH is 1. The monoisotopic (exact) mass is 266 g/mol. The third-order valence-electron chi connectivity index (χ3n) is 5.15. The van der Waals surface area contributed by atoms with Crippen LogP contribution in [0.2, 0.25) is 0 Å². The van der Waals surface area contributed by atoms with Gasteiger partial charge in [0.25, 0.3) is 0 Å². The van der Waals surface area contributed by atoms with Crippen LogP contribution in [0.4, 0.5) is 0 Å². The van der Waals surface area contributed by atoms with E-state index in [2.05, 4.69) is 0 Å². The van der Waals surface area contributed by atoms with E-state index in [-0.39, 0.29) is 30.0 Å². The number of hydrogen-bond donors (Lipinski definition) is 1. The van der Waals surface area contributed by atoms with Crippen molar-refractivity contribution in [3.05, 3.63) is 11.6 Å². The van der Waals surface area contributed by atoms with Crippen molar-refractivity contribution in [1.82, 2.24) is 0 Å². The number of aliphatic hydroxyl groups is 1. The first-order chi connectivity index (χ1) is 8.90. The maximum Gasteiger partial charge on any atom is 0.309 e. The lowest BCUT2D eigenvalue weighted by Gasteiger charge is -2.29. The van der Waals surface area contributed by atoms with E-state index in [1.54, 1.807) is 0 Å². The van der Waals surface area contributed by atoms with E-state index in [0.29, 0.717) is 6.42 Å². The molecule has 2 saturated heterocycles. The molecule has 3 heterocycles. The summed E-state index contributed by atoms with van der Waals surface area (Å²) in [7, 11) is 0. The second-order valence-corrected chi connectivity index (χ2v) is 6.47. The molecule has 1 N–H and O–H groups in total. The summed E-state index contributed by atoms with van der Waals surface area (Å²) in [5.41, 5.74) is 0.585. The second-order valence-electron chi connectivity index (χ2n) is 6.47. The predicted octanol–water partition coefficient (Wildman–Crippen LogP) is 1.81. The highest BCUT2D eigenvalue weighted by Crippen LogP contribution is 2.43. The zero-order valence-corrected chi connectivity index (χ0v) is 11.8. The van der Waals surface area contributed by atoms with E-state index in [9.17, 15) is 9.90 Å². The molecule has 3 aliphatic heterocycles. The van der Waals surface area contributed by atoms with Crippen LogP contribution in [0.3, 0.4) is 0 Å². The van der Waals surface area contributed by atoms with Gasteiger partial charge in [-0.25, -0.2) is 0 Å². The fourth-order valence-electron chi connectivity index (χ4n) is 3.59. The van der Waals surface area contributed by atoms with Gasteiger partial charge in [0.05, 0.1) is 23.7 Å². The molecule has 3 rings (SSSR count). The molecule has 0 aromatic rings. The number of ether oxygens (including phenoxy) is 2. The number of fused-ring (bicyclic) bond motifs is 3. The quantitative estimate of drug-likeness (QED) is 0.536. The molecule has 106 valence electrons. The van der Waals surface area contributed by atoms with Crippen LogP contribution in [0, 0.1) is 11.8 Å². The first kappa shape index (κ1) is 13.1. The summed E-state index contributed by atoms with van der Waals surface area (Å²) in [4.78, 5) is 11.7. The standard InChI is InChI=1S/C15H22O4/c1-8-6-12-10(9(2)14(17)18-12)4-5-15(3)13(16)7-11(8)19-15/h6,9-13,16H,4-5,7H2,1-3H3/b8-6-/t9-,10-,11+,12-,13-,15+/m1/s1. The highest BCUT2D eigenvalue weighted by molar-refractivity contribution is 5.75. The molecule has 0 aliphatic carbocycles.